The van der Waals surface area contributed by atoms with Gasteiger partial charge in [-0.25, -0.2) is 0 Å². The van der Waals surface area contributed by atoms with Crippen LogP contribution >= 0.6 is 0 Å². The van der Waals surface area contributed by atoms with E-state index in [0.717, 1.165) is 13.0 Å². The zero-order valence-electron chi connectivity index (χ0n) is 11.0. The lowest BCUT2D eigenvalue weighted by Crippen LogP contribution is -2.30. The molecule has 16 heavy (non-hydrogen) atoms. The Labute approximate surface area is 99.7 Å². The summed E-state index contributed by atoms with van der Waals surface area (Å²) in [5.74, 6) is 0. The molecule has 2 nitrogen and oxygen atoms in total. The van der Waals surface area contributed by atoms with Crippen LogP contribution in [0.4, 0.5) is 5.69 Å². The van der Waals surface area contributed by atoms with E-state index < -0.39 is 0 Å². The van der Waals surface area contributed by atoms with Gasteiger partial charge in [0.15, 0.2) is 0 Å². The van der Waals surface area contributed by atoms with Crippen LogP contribution < -0.4 is 10.2 Å². The third kappa shape index (κ3) is 3.86. The summed E-state index contributed by atoms with van der Waals surface area (Å²) in [6.45, 7) is 5.45. The summed E-state index contributed by atoms with van der Waals surface area (Å²) >= 11 is 0. The first-order valence-corrected chi connectivity index (χ1v) is 6.17. The predicted octanol–water partition coefficient (Wildman–Crippen LogP) is 2.68. The minimum Gasteiger partial charge on any atom is -0.378 e. The van der Waals surface area contributed by atoms with Gasteiger partial charge in [0, 0.05) is 25.8 Å². The monoisotopic (exact) mass is 220 g/mol. The second-order valence-corrected chi connectivity index (χ2v) is 4.43. The molecule has 0 aromatic heterocycles. The fraction of sp³-hybridized carbons (Fsp3) is 0.571. The Morgan fingerprint density at radius 2 is 1.75 bits per heavy atom. The highest BCUT2D eigenvalue weighted by Crippen LogP contribution is 2.14. The maximum atomic E-state index is 3.51. The standard InChI is InChI=1S/C14H24N2/c1-5-13(15-6-2)11-12-7-9-14(10-8-12)16(3)4/h7-10,13,15H,5-6,11H2,1-4H3. The van der Waals surface area contributed by atoms with Gasteiger partial charge in [-0.05, 0) is 37.1 Å². The van der Waals surface area contributed by atoms with Gasteiger partial charge in [-0.1, -0.05) is 26.0 Å². The van der Waals surface area contributed by atoms with Gasteiger partial charge in [0.1, 0.15) is 0 Å². The van der Waals surface area contributed by atoms with Crippen LogP contribution in [0.15, 0.2) is 24.3 Å². The first-order chi connectivity index (χ1) is 7.67. The molecule has 2 heteroatoms. The average Bonchev–Trinajstić information content (AvgIpc) is 2.29. The van der Waals surface area contributed by atoms with Gasteiger partial charge in [0.25, 0.3) is 0 Å². The molecule has 0 radical (unpaired) electrons. The normalized spacial score (nSPS) is 12.5. The van der Waals surface area contributed by atoms with Gasteiger partial charge in [0.05, 0.1) is 0 Å². The molecule has 0 saturated carbocycles. The fourth-order valence-electron chi connectivity index (χ4n) is 1.86. The predicted molar refractivity (Wildman–Crippen MR) is 72.2 cm³/mol. The molecule has 0 amide bonds. The lowest BCUT2D eigenvalue weighted by molar-refractivity contribution is 0.510. The first-order valence-electron chi connectivity index (χ1n) is 6.17. The van der Waals surface area contributed by atoms with E-state index in [1.165, 1.54) is 17.7 Å². The molecule has 0 bridgehead atoms. The Balaban J connectivity index is 2.60. The summed E-state index contributed by atoms with van der Waals surface area (Å²) in [5.41, 5.74) is 2.68. The number of rotatable bonds is 6. The third-order valence-electron chi connectivity index (χ3n) is 2.92. The summed E-state index contributed by atoms with van der Waals surface area (Å²) in [4.78, 5) is 2.13. The van der Waals surface area contributed by atoms with Crippen molar-refractivity contribution < 1.29 is 0 Å². The summed E-state index contributed by atoms with van der Waals surface area (Å²) in [6.07, 6.45) is 2.31. The van der Waals surface area contributed by atoms with E-state index in [1.54, 1.807) is 0 Å². The van der Waals surface area contributed by atoms with E-state index in [0.29, 0.717) is 6.04 Å². The van der Waals surface area contributed by atoms with Crippen molar-refractivity contribution in [2.75, 3.05) is 25.5 Å². The van der Waals surface area contributed by atoms with E-state index in [1.807, 2.05) is 0 Å². The van der Waals surface area contributed by atoms with Crippen LogP contribution in [0.2, 0.25) is 0 Å². The van der Waals surface area contributed by atoms with Crippen molar-refractivity contribution >= 4 is 5.69 Å². The number of likely N-dealkylation sites (N-methyl/N-ethyl adjacent to an activating group) is 1. The highest BCUT2D eigenvalue weighted by molar-refractivity contribution is 5.46. The molecular formula is C14H24N2. The Morgan fingerprint density at radius 3 is 2.19 bits per heavy atom. The molecule has 1 aromatic carbocycles. The summed E-state index contributed by atoms with van der Waals surface area (Å²) in [6, 6.07) is 9.45. The Hall–Kier alpha value is -1.02. The van der Waals surface area contributed by atoms with Crippen LogP contribution in [0.3, 0.4) is 0 Å². The minimum absolute atomic E-state index is 0.607. The topological polar surface area (TPSA) is 15.3 Å². The molecule has 0 heterocycles. The van der Waals surface area contributed by atoms with Gasteiger partial charge >= 0.3 is 0 Å². The highest BCUT2D eigenvalue weighted by Gasteiger charge is 2.05. The van der Waals surface area contributed by atoms with E-state index in [4.69, 9.17) is 0 Å². The van der Waals surface area contributed by atoms with Crippen LogP contribution in [0, 0.1) is 0 Å². The van der Waals surface area contributed by atoms with Gasteiger partial charge in [-0.15, -0.1) is 0 Å². The zero-order chi connectivity index (χ0) is 12.0. The van der Waals surface area contributed by atoms with E-state index in [9.17, 15) is 0 Å². The van der Waals surface area contributed by atoms with Gasteiger partial charge < -0.3 is 10.2 Å². The molecule has 0 aliphatic rings. The lowest BCUT2D eigenvalue weighted by atomic mass is 10.0. The quantitative estimate of drug-likeness (QED) is 0.793. The summed E-state index contributed by atoms with van der Waals surface area (Å²) in [5, 5.41) is 3.51. The molecule has 90 valence electrons. The molecule has 0 fully saturated rings. The molecule has 1 unspecified atom stereocenters. The maximum Gasteiger partial charge on any atom is 0.0361 e. The second-order valence-electron chi connectivity index (χ2n) is 4.43. The van der Waals surface area contributed by atoms with E-state index in [-0.39, 0.29) is 0 Å². The fourth-order valence-corrected chi connectivity index (χ4v) is 1.86. The van der Waals surface area contributed by atoms with Crippen LogP contribution in [-0.4, -0.2) is 26.7 Å². The Morgan fingerprint density at radius 1 is 1.12 bits per heavy atom. The van der Waals surface area contributed by atoms with Crippen LogP contribution in [-0.2, 0) is 6.42 Å². The lowest BCUT2D eigenvalue weighted by Gasteiger charge is -2.17. The van der Waals surface area contributed by atoms with Crippen molar-refractivity contribution in [2.24, 2.45) is 0 Å². The van der Waals surface area contributed by atoms with Gasteiger partial charge in [-0.2, -0.15) is 0 Å². The smallest absolute Gasteiger partial charge is 0.0361 e. The number of nitrogens with zero attached hydrogens (tertiary/aromatic N) is 1. The van der Waals surface area contributed by atoms with Crippen molar-refractivity contribution in [3.05, 3.63) is 29.8 Å². The molecule has 1 rings (SSSR count). The Kier molecular flexibility index (Phi) is 5.33. The third-order valence-corrected chi connectivity index (χ3v) is 2.92. The Bertz CT molecular complexity index is 290. The molecule has 1 N–H and O–H groups in total. The van der Waals surface area contributed by atoms with Crippen LogP contribution in [0.5, 0.6) is 0 Å². The van der Waals surface area contributed by atoms with Crippen LogP contribution in [0.1, 0.15) is 25.8 Å². The molecule has 1 atom stereocenters. The number of benzene rings is 1. The number of nitrogens with one attached hydrogen (secondary N) is 1. The SMILES string of the molecule is CCNC(CC)Cc1ccc(N(C)C)cc1. The van der Waals surface area contributed by atoms with Crippen molar-refractivity contribution in [1.82, 2.24) is 5.32 Å². The second kappa shape index (κ2) is 6.54. The zero-order valence-corrected chi connectivity index (χ0v) is 11.0. The summed E-state index contributed by atoms with van der Waals surface area (Å²) < 4.78 is 0. The van der Waals surface area contributed by atoms with Crippen molar-refractivity contribution in [3.63, 3.8) is 0 Å². The molecule has 0 spiro atoms. The maximum absolute atomic E-state index is 3.51. The van der Waals surface area contributed by atoms with E-state index >= 15 is 0 Å². The van der Waals surface area contributed by atoms with Gasteiger partial charge in [-0.3, -0.25) is 0 Å². The summed E-state index contributed by atoms with van der Waals surface area (Å²) in [7, 11) is 4.14. The van der Waals surface area contributed by atoms with E-state index in [2.05, 4.69) is 62.4 Å². The van der Waals surface area contributed by atoms with Gasteiger partial charge in [0.2, 0.25) is 0 Å². The average molecular weight is 220 g/mol. The molecular weight excluding hydrogens is 196 g/mol. The minimum atomic E-state index is 0.607. The molecule has 1 aromatic rings. The number of anilines is 1. The van der Waals surface area contributed by atoms with Crippen molar-refractivity contribution in [3.8, 4) is 0 Å². The largest absolute Gasteiger partial charge is 0.378 e. The highest BCUT2D eigenvalue weighted by atomic mass is 15.1. The molecule has 0 aliphatic carbocycles. The van der Waals surface area contributed by atoms with Crippen LogP contribution in [0.25, 0.3) is 0 Å². The molecule has 0 saturated heterocycles. The molecule has 0 aliphatic heterocycles. The van der Waals surface area contributed by atoms with Crippen molar-refractivity contribution in [2.45, 2.75) is 32.7 Å². The van der Waals surface area contributed by atoms with Crippen molar-refractivity contribution in [1.29, 1.82) is 0 Å². The number of hydrogen-bond donors (Lipinski definition) is 1. The first kappa shape index (κ1) is 13.0. The number of hydrogen-bond acceptors (Lipinski definition) is 2.